The first kappa shape index (κ1) is 18.2. The van der Waals surface area contributed by atoms with E-state index in [9.17, 15) is 9.59 Å². The molecule has 2 aliphatic heterocycles. The van der Waals surface area contributed by atoms with E-state index < -0.39 is 0 Å². The highest BCUT2D eigenvalue weighted by Crippen LogP contribution is 2.45. The lowest BCUT2D eigenvalue weighted by atomic mass is 9.80. The Morgan fingerprint density at radius 3 is 2.56 bits per heavy atom. The molecule has 4 rings (SSSR count). The van der Waals surface area contributed by atoms with Gasteiger partial charge in [-0.15, -0.1) is 11.3 Å². The van der Waals surface area contributed by atoms with Gasteiger partial charge in [-0.1, -0.05) is 38.1 Å². The Hall–Kier alpha value is -2.14. The number of fused-ring (bicyclic) bond motifs is 1. The van der Waals surface area contributed by atoms with Gasteiger partial charge < -0.3 is 9.80 Å². The first-order valence-corrected chi connectivity index (χ1v) is 10.7. The van der Waals surface area contributed by atoms with Crippen LogP contribution in [-0.4, -0.2) is 41.2 Å². The van der Waals surface area contributed by atoms with E-state index in [4.69, 9.17) is 0 Å². The van der Waals surface area contributed by atoms with E-state index in [2.05, 4.69) is 19.9 Å². The van der Waals surface area contributed by atoms with Crippen LogP contribution < -0.4 is 0 Å². The van der Waals surface area contributed by atoms with E-state index in [1.807, 2.05) is 45.5 Å². The molecular weight excluding hydrogens is 356 g/mol. The van der Waals surface area contributed by atoms with Gasteiger partial charge in [0.1, 0.15) is 0 Å². The van der Waals surface area contributed by atoms with Crippen molar-refractivity contribution in [3.8, 4) is 0 Å². The smallest absolute Gasteiger partial charge is 0.254 e. The molecule has 0 spiro atoms. The van der Waals surface area contributed by atoms with Gasteiger partial charge in [0, 0.05) is 30.1 Å². The van der Waals surface area contributed by atoms with Crippen LogP contribution >= 0.6 is 11.3 Å². The van der Waals surface area contributed by atoms with E-state index in [1.165, 1.54) is 0 Å². The number of hydrogen-bond acceptors (Lipinski definition) is 3. The number of amides is 2. The lowest BCUT2D eigenvalue weighted by Crippen LogP contribution is -2.48. The number of nitrogens with zero attached hydrogens (tertiary/aromatic N) is 2. The second-order valence-electron chi connectivity index (χ2n) is 7.91. The van der Waals surface area contributed by atoms with Crippen LogP contribution in [0.3, 0.4) is 0 Å². The predicted octanol–water partition coefficient (Wildman–Crippen LogP) is 4.31. The summed E-state index contributed by atoms with van der Waals surface area (Å²) < 4.78 is 0. The molecule has 1 fully saturated rings. The predicted molar refractivity (Wildman–Crippen MR) is 108 cm³/mol. The molecule has 2 amide bonds. The Bertz CT molecular complexity index is 825. The Labute approximate surface area is 164 Å². The largest absolute Gasteiger partial charge is 0.342 e. The molecular formula is C22H26N2O2S. The lowest BCUT2D eigenvalue weighted by molar-refractivity contribution is -0.133. The summed E-state index contributed by atoms with van der Waals surface area (Å²) in [5.74, 6) is 0.224. The Morgan fingerprint density at radius 1 is 1.15 bits per heavy atom. The second-order valence-corrected chi connectivity index (χ2v) is 8.89. The maximum atomic E-state index is 13.6. The van der Waals surface area contributed by atoms with Crippen molar-refractivity contribution in [2.24, 2.45) is 5.92 Å². The number of likely N-dealkylation sites (tertiary alicyclic amines) is 1. The van der Waals surface area contributed by atoms with E-state index >= 15 is 0 Å². The monoisotopic (exact) mass is 382 g/mol. The lowest BCUT2D eigenvalue weighted by Gasteiger charge is -2.43. The Balaban J connectivity index is 1.86. The molecule has 3 heterocycles. The fourth-order valence-corrected chi connectivity index (χ4v) is 5.24. The van der Waals surface area contributed by atoms with Crippen LogP contribution in [-0.2, 0) is 4.79 Å². The highest BCUT2D eigenvalue weighted by molar-refractivity contribution is 7.10. The SMILES string of the molecule is CC(C)CN1C(=O)c2ccccc2[C@@H](C(=O)N2CCCC2)[C@@H]1c1cccs1. The van der Waals surface area contributed by atoms with Crippen molar-refractivity contribution in [2.45, 2.75) is 38.6 Å². The van der Waals surface area contributed by atoms with Crippen LogP contribution in [0.15, 0.2) is 41.8 Å². The number of carbonyl (C=O) groups excluding carboxylic acids is 2. The van der Waals surface area contributed by atoms with Gasteiger partial charge in [0.2, 0.25) is 5.91 Å². The van der Waals surface area contributed by atoms with Crippen molar-refractivity contribution < 1.29 is 9.59 Å². The Morgan fingerprint density at radius 2 is 1.89 bits per heavy atom. The molecule has 0 saturated carbocycles. The molecule has 1 aromatic heterocycles. The van der Waals surface area contributed by atoms with Crippen LogP contribution in [0.1, 0.15) is 59.4 Å². The van der Waals surface area contributed by atoms with E-state index in [1.54, 1.807) is 11.3 Å². The molecule has 0 radical (unpaired) electrons. The van der Waals surface area contributed by atoms with Crippen molar-refractivity contribution in [1.29, 1.82) is 0 Å². The topological polar surface area (TPSA) is 40.6 Å². The summed E-state index contributed by atoms with van der Waals surface area (Å²) >= 11 is 1.64. The molecule has 0 aliphatic carbocycles. The number of carbonyl (C=O) groups is 2. The summed E-state index contributed by atoms with van der Waals surface area (Å²) in [5.41, 5.74) is 1.57. The molecule has 0 N–H and O–H groups in total. The van der Waals surface area contributed by atoms with Crippen LogP contribution in [0.25, 0.3) is 0 Å². The second kappa shape index (κ2) is 7.47. The van der Waals surface area contributed by atoms with Gasteiger partial charge in [0.05, 0.1) is 12.0 Å². The summed E-state index contributed by atoms with van der Waals surface area (Å²) in [6, 6.07) is 11.5. The zero-order valence-electron chi connectivity index (χ0n) is 15.9. The zero-order valence-corrected chi connectivity index (χ0v) is 16.7. The molecule has 142 valence electrons. The zero-order chi connectivity index (χ0) is 19.0. The number of thiophene rings is 1. The van der Waals surface area contributed by atoms with Crippen molar-refractivity contribution >= 4 is 23.2 Å². The van der Waals surface area contributed by atoms with Crippen molar-refractivity contribution in [2.75, 3.05) is 19.6 Å². The van der Waals surface area contributed by atoms with E-state index in [0.717, 1.165) is 36.4 Å². The van der Waals surface area contributed by atoms with Crippen LogP contribution in [0.5, 0.6) is 0 Å². The van der Waals surface area contributed by atoms with Gasteiger partial charge in [-0.05, 0) is 41.8 Å². The molecule has 0 unspecified atom stereocenters. The fraction of sp³-hybridized carbons (Fsp3) is 0.455. The van der Waals surface area contributed by atoms with Crippen LogP contribution in [0.4, 0.5) is 0 Å². The summed E-state index contributed by atoms with van der Waals surface area (Å²) in [5, 5.41) is 2.03. The number of hydrogen-bond donors (Lipinski definition) is 0. The quantitative estimate of drug-likeness (QED) is 0.791. The minimum atomic E-state index is -0.325. The fourth-order valence-electron chi connectivity index (χ4n) is 4.36. The first-order valence-electron chi connectivity index (χ1n) is 9.80. The summed E-state index contributed by atoms with van der Waals surface area (Å²) in [6.07, 6.45) is 2.14. The van der Waals surface area contributed by atoms with Gasteiger partial charge in [0.15, 0.2) is 0 Å². The van der Waals surface area contributed by atoms with Gasteiger partial charge in [-0.3, -0.25) is 9.59 Å². The number of benzene rings is 1. The first-order chi connectivity index (χ1) is 13.1. The summed E-state index contributed by atoms with van der Waals surface area (Å²) in [4.78, 5) is 32.0. The van der Waals surface area contributed by atoms with Crippen molar-refractivity contribution in [1.82, 2.24) is 9.80 Å². The van der Waals surface area contributed by atoms with Crippen LogP contribution in [0, 0.1) is 5.92 Å². The highest BCUT2D eigenvalue weighted by atomic mass is 32.1. The molecule has 2 atom stereocenters. The summed E-state index contributed by atoms with van der Waals surface area (Å²) in [6.45, 7) is 6.55. The number of rotatable bonds is 4. The molecule has 2 aliphatic rings. The average Bonchev–Trinajstić information content (AvgIpc) is 3.37. The summed E-state index contributed by atoms with van der Waals surface area (Å²) in [7, 11) is 0. The minimum absolute atomic E-state index is 0.0446. The van der Waals surface area contributed by atoms with Gasteiger partial charge in [0.25, 0.3) is 5.91 Å². The molecule has 1 aromatic carbocycles. The molecule has 5 heteroatoms. The third kappa shape index (κ3) is 3.29. The standard InChI is InChI=1S/C22H26N2O2S/c1-15(2)14-24-20(18-10-7-13-27-18)19(22(26)23-11-5-6-12-23)16-8-3-4-9-17(16)21(24)25/h3-4,7-10,13,15,19-20H,5-6,11-12,14H2,1-2H3/t19-,20+/m1/s1. The molecule has 4 nitrogen and oxygen atoms in total. The maximum absolute atomic E-state index is 13.6. The molecule has 1 saturated heterocycles. The van der Waals surface area contributed by atoms with Gasteiger partial charge in [-0.2, -0.15) is 0 Å². The van der Waals surface area contributed by atoms with E-state index in [-0.39, 0.29) is 23.8 Å². The van der Waals surface area contributed by atoms with Gasteiger partial charge >= 0.3 is 0 Å². The third-order valence-electron chi connectivity index (χ3n) is 5.52. The molecule has 2 aromatic rings. The van der Waals surface area contributed by atoms with E-state index in [0.29, 0.717) is 18.0 Å². The average molecular weight is 383 g/mol. The van der Waals surface area contributed by atoms with Crippen LogP contribution in [0.2, 0.25) is 0 Å². The Kier molecular flexibility index (Phi) is 5.04. The maximum Gasteiger partial charge on any atom is 0.254 e. The molecule has 27 heavy (non-hydrogen) atoms. The van der Waals surface area contributed by atoms with Crippen molar-refractivity contribution in [3.63, 3.8) is 0 Å². The molecule has 0 bridgehead atoms. The van der Waals surface area contributed by atoms with Gasteiger partial charge in [-0.25, -0.2) is 0 Å². The highest BCUT2D eigenvalue weighted by Gasteiger charge is 2.46. The third-order valence-corrected chi connectivity index (χ3v) is 6.46. The van der Waals surface area contributed by atoms with Crippen molar-refractivity contribution in [3.05, 3.63) is 57.8 Å². The normalized spacial score (nSPS) is 22.4. The minimum Gasteiger partial charge on any atom is -0.342 e.